The number of aliphatic hydroxyl groups excluding tert-OH is 1. The molecule has 1 aromatic rings. The predicted octanol–water partition coefficient (Wildman–Crippen LogP) is 1.04. The Bertz CT molecular complexity index is 276. The molecule has 0 saturated carbocycles. The minimum Gasteiger partial charge on any atom is -0.392 e. The van der Waals surface area contributed by atoms with Crippen molar-refractivity contribution < 1.29 is 5.11 Å². The van der Waals surface area contributed by atoms with Crippen molar-refractivity contribution in [3.05, 3.63) is 30.1 Å². The third-order valence-electron chi connectivity index (χ3n) is 2.59. The lowest BCUT2D eigenvalue weighted by Crippen LogP contribution is -2.37. The van der Waals surface area contributed by atoms with Crippen LogP contribution >= 0.6 is 0 Å². The van der Waals surface area contributed by atoms with Gasteiger partial charge in [0.15, 0.2) is 0 Å². The molecule has 0 amide bonds. The van der Waals surface area contributed by atoms with Gasteiger partial charge in [-0.3, -0.25) is 9.88 Å². The summed E-state index contributed by atoms with van der Waals surface area (Å²) < 4.78 is 0. The fourth-order valence-corrected chi connectivity index (χ4v) is 1.90. The van der Waals surface area contributed by atoms with Crippen molar-refractivity contribution in [1.82, 2.24) is 9.88 Å². The third kappa shape index (κ3) is 2.53. The highest BCUT2D eigenvalue weighted by Gasteiger charge is 2.17. The molecule has 2 heterocycles. The maximum absolute atomic E-state index is 9.50. The topological polar surface area (TPSA) is 36.4 Å². The number of aromatic nitrogens is 1. The molecule has 1 aliphatic rings. The molecule has 1 N–H and O–H groups in total. The van der Waals surface area contributed by atoms with Gasteiger partial charge in [-0.1, -0.05) is 6.07 Å². The minimum absolute atomic E-state index is 0.146. The summed E-state index contributed by atoms with van der Waals surface area (Å²) >= 11 is 0. The Morgan fingerprint density at radius 1 is 1.50 bits per heavy atom. The molecule has 1 saturated heterocycles. The molecule has 3 heteroatoms. The summed E-state index contributed by atoms with van der Waals surface area (Å²) in [6.45, 7) is 2.72. The molecule has 0 unspecified atom stereocenters. The van der Waals surface area contributed by atoms with E-state index in [-0.39, 0.29) is 6.10 Å². The van der Waals surface area contributed by atoms with Gasteiger partial charge in [0.25, 0.3) is 0 Å². The average Bonchev–Trinajstić information content (AvgIpc) is 2.19. The Morgan fingerprint density at radius 3 is 3.14 bits per heavy atom. The molecule has 0 aromatic carbocycles. The Hall–Kier alpha value is -0.930. The molecular formula is C11H16N2O. The zero-order valence-corrected chi connectivity index (χ0v) is 8.26. The lowest BCUT2D eigenvalue weighted by molar-refractivity contribution is 0.0662. The van der Waals surface area contributed by atoms with Gasteiger partial charge in [-0.05, 0) is 31.5 Å². The Labute approximate surface area is 84.4 Å². The van der Waals surface area contributed by atoms with Crippen molar-refractivity contribution in [3.63, 3.8) is 0 Å². The first-order valence-corrected chi connectivity index (χ1v) is 5.15. The maximum Gasteiger partial charge on any atom is 0.0667 e. The number of hydrogen-bond acceptors (Lipinski definition) is 3. The van der Waals surface area contributed by atoms with Crippen LogP contribution in [-0.4, -0.2) is 34.2 Å². The largest absolute Gasteiger partial charge is 0.392 e. The van der Waals surface area contributed by atoms with Crippen LogP contribution in [0.2, 0.25) is 0 Å². The number of piperidine rings is 1. The predicted molar refractivity (Wildman–Crippen MR) is 54.8 cm³/mol. The lowest BCUT2D eigenvalue weighted by atomic mass is 10.1. The van der Waals surface area contributed by atoms with Crippen LogP contribution in [0.1, 0.15) is 18.5 Å². The van der Waals surface area contributed by atoms with Gasteiger partial charge in [-0.2, -0.15) is 0 Å². The van der Waals surface area contributed by atoms with Crippen LogP contribution in [0, 0.1) is 0 Å². The summed E-state index contributed by atoms with van der Waals surface area (Å²) in [7, 11) is 0. The smallest absolute Gasteiger partial charge is 0.0667 e. The van der Waals surface area contributed by atoms with Gasteiger partial charge in [0, 0.05) is 19.3 Å². The van der Waals surface area contributed by atoms with E-state index in [9.17, 15) is 5.11 Å². The molecule has 0 spiro atoms. The summed E-state index contributed by atoms with van der Waals surface area (Å²) in [6.07, 6.45) is 3.70. The van der Waals surface area contributed by atoms with Gasteiger partial charge < -0.3 is 5.11 Å². The van der Waals surface area contributed by atoms with Crippen molar-refractivity contribution in [2.45, 2.75) is 25.5 Å². The number of aliphatic hydroxyl groups is 1. The van der Waals surface area contributed by atoms with Crippen molar-refractivity contribution in [2.24, 2.45) is 0 Å². The molecule has 1 aliphatic heterocycles. The summed E-state index contributed by atoms with van der Waals surface area (Å²) in [5, 5.41) is 9.50. The number of pyridine rings is 1. The van der Waals surface area contributed by atoms with E-state index in [1.54, 1.807) is 0 Å². The van der Waals surface area contributed by atoms with E-state index in [1.807, 2.05) is 24.4 Å². The van der Waals surface area contributed by atoms with Crippen molar-refractivity contribution in [3.8, 4) is 0 Å². The molecule has 0 aliphatic carbocycles. The highest BCUT2D eigenvalue weighted by molar-refractivity contribution is 5.03. The summed E-state index contributed by atoms with van der Waals surface area (Å²) in [5.41, 5.74) is 1.08. The number of likely N-dealkylation sites (tertiary alicyclic amines) is 1. The van der Waals surface area contributed by atoms with Gasteiger partial charge in [0.2, 0.25) is 0 Å². The first-order valence-electron chi connectivity index (χ1n) is 5.15. The van der Waals surface area contributed by atoms with E-state index in [0.29, 0.717) is 0 Å². The van der Waals surface area contributed by atoms with Gasteiger partial charge in [-0.25, -0.2) is 0 Å². The van der Waals surface area contributed by atoms with Crippen molar-refractivity contribution in [2.75, 3.05) is 13.1 Å². The number of nitrogens with zero attached hydrogens (tertiary/aromatic N) is 2. The van der Waals surface area contributed by atoms with E-state index in [4.69, 9.17) is 0 Å². The summed E-state index contributed by atoms with van der Waals surface area (Å²) in [5.74, 6) is 0. The zero-order chi connectivity index (χ0) is 9.80. The van der Waals surface area contributed by atoms with E-state index in [0.717, 1.165) is 38.2 Å². The highest BCUT2D eigenvalue weighted by Crippen LogP contribution is 2.12. The second-order valence-corrected chi connectivity index (χ2v) is 3.85. The van der Waals surface area contributed by atoms with E-state index in [2.05, 4.69) is 9.88 Å². The molecule has 0 radical (unpaired) electrons. The molecule has 0 bridgehead atoms. The average molecular weight is 192 g/mol. The van der Waals surface area contributed by atoms with Crippen LogP contribution in [-0.2, 0) is 6.54 Å². The van der Waals surface area contributed by atoms with Gasteiger partial charge in [0.05, 0.1) is 11.8 Å². The van der Waals surface area contributed by atoms with Crippen LogP contribution in [0.15, 0.2) is 24.4 Å². The SMILES string of the molecule is O[C@H]1CCCN(Cc2ccccn2)C1. The summed E-state index contributed by atoms with van der Waals surface area (Å²) in [4.78, 5) is 6.53. The number of rotatable bonds is 2. The summed E-state index contributed by atoms with van der Waals surface area (Å²) in [6, 6.07) is 5.96. The van der Waals surface area contributed by atoms with Crippen LogP contribution in [0.25, 0.3) is 0 Å². The second kappa shape index (κ2) is 4.53. The maximum atomic E-state index is 9.50. The van der Waals surface area contributed by atoms with Crippen molar-refractivity contribution >= 4 is 0 Å². The molecular weight excluding hydrogens is 176 g/mol. The molecule has 14 heavy (non-hydrogen) atoms. The minimum atomic E-state index is -0.146. The molecule has 1 fully saturated rings. The highest BCUT2D eigenvalue weighted by atomic mass is 16.3. The van der Waals surface area contributed by atoms with E-state index in [1.165, 1.54) is 0 Å². The van der Waals surface area contributed by atoms with Crippen LogP contribution < -0.4 is 0 Å². The van der Waals surface area contributed by atoms with E-state index < -0.39 is 0 Å². The number of β-amino-alcohol motifs (C(OH)–C–C–N with tert-alkyl or cyclic N) is 1. The first kappa shape index (κ1) is 9.62. The van der Waals surface area contributed by atoms with Crippen LogP contribution in [0.3, 0.4) is 0 Å². The Kier molecular flexibility index (Phi) is 3.11. The van der Waals surface area contributed by atoms with Gasteiger partial charge >= 0.3 is 0 Å². The second-order valence-electron chi connectivity index (χ2n) is 3.85. The van der Waals surface area contributed by atoms with Crippen molar-refractivity contribution in [1.29, 1.82) is 0 Å². The third-order valence-corrected chi connectivity index (χ3v) is 2.59. The molecule has 2 rings (SSSR count). The zero-order valence-electron chi connectivity index (χ0n) is 8.26. The molecule has 1 atom stereocenters. The fraction of sp³-hybridized carbons (Fsp3) is 0.545. The lowest BCUT2D eigenvalue weighted by Gasteiger charge is -2.29. The van der Waals surface area contributed by atoms with Crippen LogP contribution in [0.5, 0.6) is 0 Å². The first-order chi connectivity index (χ1) is 6.84. The van der Waals surface area contributed by atoms with Gasteiger partial charge in [-0.15, -0.1) is 0 Å². The Morgan fingerprint density at radius 2 is 2.43 bits per heavy atom. The van der Waals surface area contributed by atoms with E-state index >= 15 is 0 Å². The fourth-order valence-electron chi connectivity index (χ4n) is 1.90. The quantitative estimate of drug-likeness (QED) is 0.760. The van der Waals surface area contributed by atoms with Crippen LogP contribution in [0.4, 0.5) is 0 Å². The molecule has 76 valence electrons. The van der Waals surface area contributed by atoms with Gasteiger partial charge in [0.1, 0.15) is 0 Å². The normalized spacial score (nSPS) is 23.6. The Balaban J connectivity index is 1.91. The molecule has 3 nitrogen and oxygen atoms in total. The standard InChI is InChI=1S/C11H16N2O/c14-11-5-3-7-13(9-11)8-10-4-1-2-6-12-10/h1-2,4,6,11,14H,3,5,7-9H2/t11-/m0/s1. The number of hydrogen-bond donors (Lipinski definition) is 1. The monoisotopic (exact) mass is 192 g/mol. The molecule has 1 aromatic heterocycles.